The maximum Gasteiger partial charge on any atom is 0.323 e. The fourth-order valence-electron chi connectivity index (χ4n) is 3.14. The molecule has 1 fully saturated rings. The Balaban J connectivity index is 1.42. The molecule has 148 valence electrons. The van der Waals surface area contributed by atoms with Gasteiger partial charge in [-0.05, 0) is 24.3 Å². The van der Waals surface area contributed by atoms with Gasteiger partial charge in [0.25, 0.3) is 0 Å². The van der Waals surface area contributed by atoms with Crippen LogP contribution in [0.4, 0.5) is 25.2 Å². The number of carbonyl (C=O) groups excluding carboxylic acids is 1. The minimum Gasteiger partial charge on any atom is -0.353 e. The van der Waals surface area contributed by atoms with Crippen molar-refractivity contribution in [1.82, 2.24) is 19.9 Å². The van der Waals surface area contributed by atoms with Crippen molar-refractivity contribution in [2.45, 2.75) is 0 Å². The van der Waals surface area contributed by atoms with Crippen LogP contribution in [0.1, 0.15) is 0 Å². The number of pyridine rings is 1. The minimum atomic E-state index is -0.914. The van der Waals surface area contributed by atoms with E-state index in [1.54, 1.807) is 17.0 Å². The topological polar surface area (TPSA) is 74.2 Å². The van der Waals surface area contributed by atoms with Crippen LogP contribution in [0.2, 0.25) is 0 Å². The fraction of sp³-hybridized carbons (Fsp3) is 0.200. The molecular formula is C20H18F2N6O. The summed E-state index contributed by atoms with van der Waals surface area (Å²) in [4.78, 5) is 28.5. The number of carbonyl (C=O) groups is 1. The number of halogens is 2. The number of hydrogen-bond acceptors (Lipinski definition) is 5. The Morgan fingerprint density at radius 3 is 2.55 bits per heavy atom. The van der Waals surface area contributed by atoms with Gasteiger partial charge in [0, 0.05) is 44.1 Å². The summed E-state index contributed by atoms with van der Waals surface area (Å²) in [6, 6.07) is 9.01. The summed E-state index contributed by atoms with van der Waals surface area (Å²) in [5.74, 6) is -0.772. The summed E-state index contributed by atoms with van der Waals surface area (Å²) in [5.41, 5.74) is 0.483. The van der Waals surface area contributed by atoms with Crippen molar-refractivity contribution in [1.29, 1.82) is 0 Å². The summed E-state index contributed by atoms with van der Waals surface area (Å²) < 4.78 is 27.6. The Morgan fingerprint density at radius 1 is 1.00 bits per heavy atom. The summed E-state index contributed by atoms with van der Waals surface area (Å²) in [6.45, 7) is 2.12. The molecule has 9 heteroatoms. The first-order valence-corrected chi connectivity index (χ1v) is 9.10. The maximum atomic E-state index is 14.1. The number of aromatic nitrogens is 3. The van der Waals surface area contributed by atoms with Crippen molar-refractivity contribution in [3.8, 4) is 11.3 Å². The lowest BCUT2D eigenvalue weighted by Gasteiger charge is -2.35. The van der Waals surface area contributed by atoms with Crippen LogP contribution >= 0.6 is 0 Å². The van der Waals surface area contributed by atoms with E-state index in [0.717, 1.165) is 6.07 Å². The second-order valence-corrected chi connectivity index (χ2v) is 6.48. The van der Waals surface area contributed by atoms with Gasteiger partial charge in [0.15, 0.2) is 17.5 Å². The molecule has 0 radical (unpaired) electrons. The minimum absolute atomic E-state index is 0.119. The number of urea groups is 1. The van der Waals surface area contributed by atoms with Gasteiger partial charge in [-0.15, -0.1) is 0 Å². The zero-order chi connectivity index (χ0) is 20.2. The van der Waals surface area contributed by atoms with Gasteiger partial charge in [0.2, 0.25) is 0 Å². The van der Waals surface area contributed by atoms with Gasteiger partial charge >= 0.3 is 6.03 Å². The summed E-state index contributed by atoms with van der Waals surface area (Å²) >= 11 is 0. The number of nitrogens with zero attached hydrogens (tertiary/aromatic N) is 5. The predicted octanol–water partition coefficient (Wildman–Crippen LogP) is 3.17. The van der Waals surface area contributed by atoms with Gasteiger partial charge in [-0.25, -0.2) is 23.5 Å². The second kappa shape index (κ2) is 8.17. The normalized spacial score (nSPS) is 14.0. The molecule has 0 saturated carbocycles. The number of anilines is 2. The highest BCUT2D eigenvalue weighted by Crippen LogP contribution is 2.25. The van der Waals surface area contributed by atoms with Gasteiger partial charge in [0.1, 0.15) is 5.82 Å². The average molecular weight is 396 g/mol. The van der Waals surface area contributed by atoms with Gasteiger partial charge < -0.3 is 9.80 Å². The molecule has 0 bridgehead atoms. The number of piperazine rings is 1. The van der Waals surface area contributed by atoms with Gasteiger partial charge in [0.05, 0.1) is 11.9 Å². The number of amides is 2. The van der Waals surface area contributed by atoms with Crippen LogP contribution in [0, 0.1) is 11.6 Å². The molecule has 3 heterocycles. The standard InChI is InChI=1S/C20H18F2N6O/c21-15-4-1-3-14(19(15)22)16-5-2-6-18(25-16)27-9-11-28(12-10-27)20(29)26-17-13-23-7-8-24-17/h1-8,13H,9-12H2,(H,24,26,29). The molecule has 0 aliphatic carbocycles. The molecule has 1 N–H and O–H groups in total. The smallest absolute Gasteiger partial charge is 0.323 e. The average Bonchev–Trinajstić information content (AvgIpc) is 2.76. The highest BCUT2D eigenvalue weighted by molar-refractivity contribution is 5.88. The molecule has 0 atom stereocenters. The second-order valence-electron chi connectivity index (χ2n) is 6.48. The first-order valence-electron chi connectivity index (χ1n) is 9.10. The van der Waals surface area contributed by atoms with Crippen LogP contribution < -0.4 is 10.2 Å². The van der Waals surface area contributed by atoms with Gasteiger partial charge in [-0.3, -0.25) is 10.3 Å². The summed E-state index contributed by atoms with van der Waals surface area (Å²) in [5, 5.41) is 2.71. The molecule has 2 amide bonds. The molecule has 7 nitrogen and oxygen atoms in total. The fourth-order valence-corrected chi connectivity index (χ4v) is 3.14. The number of hydrogen-bond donors (Lipinski definition) is 1. The number of nitrogens with one attached hydrogen (secondary N) is 1. The molecule has 0 unspecified atom stereocenters. The van der Waals surface area contributed by atoms with E-state index in [9.17, 15) is 13.6 Å². The van der Waals surface area contributed by atoms with E-state index in [2.05, 4.69) is 20.3 Å². The Bertz CT molecular complexity index is 1010. The van der Waals surface area contributed by atoms with Crippen LogP contribution in [-0.4, -0.2) is 52.1 Å². The Hall–Kier alpha value is -3.62. The lowest BCUT2D eigenvalue weighted by Crippen LogP contribution is -2.50. The third-order valence-electron chi connectivity index (χ3n) is 4.65. The quantitative estimate of drug-likeness (QED) is 0.736. The Morgan fingerprint density at radius 2 is 1.79 bits per heavy atom. The predicted molar refractivity (Wildman–Crippen MR) is 104 cm³/mol. The molecule has 1 saturated heterocycles. The molecule has 4 rings (SSSR count). The molecule has 1 aliphatic rings. The van der Waals surface area contributed by atoms with E-state index in [4.69, 9.17) is 0 Å². The van der Waals surface area contributed by atoms with Crippen LogP contribution in [-0.2, 0) is 0 Å². The zero-order valence-electron chi connectivity index (χ0n) is 15.4. The van der Waals surface area contributed by atoms with E-state index >= 15 is 0 Å². The molecule has 2 aromatic heterocycles. The zero-order valence-corrected chi connectivity index (χ0v) is 15.4. The van der Waals surface area contributed by atoms with Crippen molar-refractivity contribution in [3.05, 3.63) is 66.6 Å². The summed E-state index contributed by atoms with van der Waals surface area (Å²) in [6.07, 6.45) is 4.52. The molecule has 29 heavy (non-hydrogen) atoms. The lowest BCUT2D eigenvalue weighted by atomic mass is 10.1. The number of rotatable bonds is 3. The highest BCUT2D eigenvalue weighted by Gasteiger charge is 2.22. The van der Waals surface area contributed by atoms with E-state index in [-0.39, 0.29) is 11.6 Å². The molecule has 1 aliphatic heterocycles. The van der Waals surface area contributed by atoms with E-state index < -0.39 is 11.6 Å². The first-order chi connectivity index (χ1) is 14.1. The maximum absolute atomic E-state index is 14.1. The molecule has 3 aromatic rings. The van der Waals surface area contributed by atoms with E-state index in [0.29, 0.717) is 43.5 Å². The van der Waals surface area contributed by atoms with Crippen molar-refractivity contribution in [2.75, 3.05) is 36.4 Å². The highest BCUT2D eigenvalue weighted by atomic mass is 19.2. The molecule has 1 aromatic carbocycles. The third-order valence-corrected chi connectivity index (χ3v) is 4.65. The molecular weight excluding hydrogens is 378 g/mol. The van der Waals surface area contributed by atoms with Crippen molar-refractivity contribution < 1.29 is 13.6 Å². The monoisotopic (exact) mass is 396 g/mol. The van der Waals surface area contributed by atoms with Crippen LogP contribution in [0.25, 0.3) is 11.3 Å². The van der Waals surface area contributed by atoms with Crippen LogP contribution in [0.15, 0.2) is 55.0 Å². The summed E-state index contributed by atoms with van der Waals surface area (Å²) in [7, 11) is 0. The molecule has 0 spiro atoms. The van der Waals surface area contributed by atoms with Crippen molar-refractivity contribution >= 4 is 17.7 Å². The van der Waals surface area contributed by atoms with Crippen LogP contribution in [0.5, 0.6) is 0 Å². The van der Waals surface area contributed by atoms with Gasteiger partial charge in [-0.2, -0.15) is 0 Å². The van der Waals surface area contributed by atoms with E-state index in [1.807, 2.05) is 11.0 Å². The SMILES string of the molecule is O=C(Nc1cnccn1)N1CCN(c2cccc(-c3cccc(F)c3F)n2)CC1. The van der Waals surface area contributed by atoms with Crippen molar-refractivity contribution in [2.24, 2.45) is 0 Å². The third kappa shape index (κ3) is 4.13. The van der Waals surface area contributed by atoms with Gasteiger partial charge in [-0.1, -0.05) is 12.1 Å². The first kappa shape index (κ1) is 18.7. The lowest BCUT2D eigenvalue weighted by molar-refractivity contribution is 0.208. The Labute approximate surface area is 166 Å². The Kier molecular flexibility index (Phi) is 5.28. The van der Waals surface area contributed by atoms with Crippen molar-refractivity contribution in [3.63, 3.8) is 0 Å². The number of benzene rings is 1. The van der Waals surface area contributed by atoms with E-state index in [1.165, 1.54) is 30.7 Å². The van der Waals surface area contributed by atoms with Crippen LogP contribution in [0.3, 0.4) is 0 Å². The largest absolute Gasteiger partial charge is 0.353 e.